The molecule has 2 aliphatic heterocycles. The number of carbonyl (C=O) groups is 2. The zero-order valence-electron chi connectivity index (χ0n) is 14.7. The molecule has 0 N–H and O–H groups in total. The van der Waals surface area contributed by atoms with Crippen LogP contribution in [-0.4, -0.2) is 37.0 Å². The van der Waals surface area contributed by atoms with Gasteiger partial charge in [0.2, 0.25) is 5.91 Å². The number of piperidine rings is 1. The van der Waals surface area contributed by atoms with E-state index in [0.717, 1.165) is 16.9 Å². The highest BCUT2D eigenvalue weighted by molar-refractivity contribution is 5.94. The third kappa shape index (κ3) is 2.83. The standard InChI is InChI=1S/C21H21NO4/c1-25-16-6-4-5-15(13-16)14-19(23)22-11-9-21(10-12-22)18-8-3-2-7-17(18)20(24)26-21/h2-8,13H,9-12,14H2,1H3. The second-order valence-corrected chi connectivity index (χ2v) is 6.84. The lowest BCUT2D eigenvalue weighted by atomic mass is 9.83. The molecular weight excluding hydrogens is 330 g/mol. The van der Waals surface area contributed by atoms with Crippen molar-refractivity contribution in [2.24, 2.45) is 0 Å². The molecule has 4 rings (SSSR count). The molecule has 1 amide bonds. The van der Waals surface area contributed by atoms with Gasteiger partial charge >= 0.3 is 5.97 Å². The molecule has 2 aliphatic rings. The van der Waals surface area contributed by atoms with Gasteiger partial charge in [0.15, 0.2) is 0 Å². The number of esters is 1. The van der Waals surface area contributed by atoms with Gasteiger partial charge in [0, 0.05) is 31.5 Å². The van der Waals surface area contributed by atoms with Crippen LogP contribution in [0.4, 0.5) is 0 Å². The number of hydrogen-bond acceptors (Lipinski definition) is 4. The van der Waals surface area contributed by atoms with Crippen molar-refractivity contribution in [2.75, 3.05) is 20.2 Å². The molecule has 2 heterocycles. The van der Waals surface area contributed by atoms with Crippen molar-refractivity contribution in [3.05, 3.63) is 65.2 Å². The number of carbonyl (C=O) groups excluding carboxylic acids is 2. The van der Waals surface area contributed by atoms with E-state index in [-0.39, 0.29) is 11.9 Å². The van der Waals surface area contributed by atoms with E-state index in [4.69, 9.17) is 9.47 Å². The molecule has 5 heteroatoms. The van der Waals surface area contributed by atoms with Crippen LogP contribution in [0.25, 0.3) is 0 Å². The maximum atomic E-state index is 12.7. The average molecular weight is 351 g/mol. The summed E-state index contributed by atoms with van der Waals surface area (Å²) in [6.45, 7) is 1.18. The number of ether oxygens (including phenoxy) is 2. The first-order valence-corrected chi connectivity index (χ1v) is 8.85. The third-order valence-electron chi connectivity index (χ3n) is 5.34. The summed E-state index contributed by atoms with van der Waals surface area (Å²) in [7, 11) is 1.62. The summed E-state index contributed by atoms with van der Waals surface area (Å²) in [4.78, 5) is 26.7. The molecule has 2 aromatic carbocycles. The van der Waals surface area contributed by atoms with Crippen molar-refractivity contribution in [1.29, 1.82) is 0 Å². The predicted octanol–water partition coefficient (Wildman–Crippen LogP) is 2.93. The average Bonchev–Trinajstić information content (AvgIpc) is 2.94. The highest BCUT2D eigenvalue weighted by atomic mass is 16.6. The number of hydrogen-bond donors (Lipinski definition) is 0. The first-order chi connectivity index (χ1) is 12.6. The third-order valence-corrected chi connectivity index (χ3v) is 5.34. The molecule has 26 heavy (non-hydrogen) atoms. The summed E-state index contributed by atoms with van der Waals surface area (Å²) >= 11 is 0. The van der Waals surface area contributed by atoms with Crippen LogP contribution in [0.15, 0.2) is 48.5 Å². The Hall–Kier alpha value is -2.82. The molecule has 0 aliphatic carbocycles. The Labute approximate surface area is 152 Å². The minimum atomic E-state index is -0.569. The number of benzene rings is 2. The topological polar surface area (TPSA) is 55.8 Å². The number of nitrogens with zero attached hydrogens (tertiary/aromatic N) is 1. The first kappa shape index (κ1) is 16.6. The van der Waals surface area contributed by atoms with Gasteiger partial charge in [-0.25, -0.2) is 4.79 Å². The molecule has 1 saturated heterocycles. The normalized spacial score (nSPS) is 17.7. The molecule has 5 nitrogen and oxygen atoms in total. The number of likely N-dealkylation sites (tertiary alicyclic amines) is 1. The lowest BCUT2D eigenvalue weighted by Gasteiger charge is -2.38. The summed E-state index contributed by atoms with van der Waals surface area (Å²) < 4.78 is 11.0. The summed E-state index contributed by atoms with van der Waals surface area (Å²) in [6, 6.07) is 15.1. The van der Waals surface area contributed by atoms with E-state index in [1.165, 1.54) is 0 Å². The van der Waals surface area contributed by atoms with E-state index >= 15 is 0 Å². The minimum absolute atomic E-state index is 0.0886. The van der Waals surface area contributed by atoms with Crippen molar-refractivity contribution >= 4 is 11.9 Å². The number of rotatable bonds is 3. The fourth-order valence-corrected chi connectivity index (χ4v) is 3.90. The largest absolute Gasteiger partial charge is 0.497 e. The first-order valence-electron chi connectivity index (χ1n) is 8.85. The van der Waals surface area contributed by atoms with Crippen LogP contribution in [0.1, 0.15) is 34.3 Å². The van der Waals surface area contributed by atoms with Gasteiger partial charge in [0.25, 0.3) is 0 Å². The fourth-order valence-electron chi connectivity index (χ4n) is 3.90. The summed E-state index contributed by atoms with van der Waals surface area (Å²) in [5.41, 5.74) is 1.99. The Kier molecular flexibility index (Phi) is 4.15. The fraction of sp³-hybridized carbons (Fsp3) is 0.333. The van der Waals surface area contributed by atoms with Gasteiger partial charge in [-0.15, -0.1) is 0 Å². The van der Waals surface area contributed by atoms with Gasteiger partial charge in [0.1, 0.15) is 11.4 Å². The molecule has 0 unspecified atom stereocenters. The van der Waals surface area contributed by atoms with Crippen molar-refractivity contribution < 1.29 is 19.1 Å². The molecule has 0 atom stereocenters. The molecule has 0 bridgehead atoms. The predicted molar refractivity (Wildman–Crippen MR) is 96.0 cm³/mol. The molecule has 134 valence electrons. The summed E-state index contributed by atoms with van der Waals surface area (Å²) in [5, 5.41) is 0. The van der Waals surface area contributed by atoms with Gasteiger partial charge in [-0.1, -0.05) is 30.3 Å². The molecule has 0 aromatic heterocycles. The van der Waals surface area contributed by atoms with Crippen LogP contribution in [0.2, 0.25) is 0 Å². The van der Waals surface area contributed by atoms with E-state index < -0.39 is 5.60 Å². The van der Waals surface area contributed by atoms with E-state index in [1.807, 2.05) is 53.4 Å². The molecular formula is C21H21NO4. The molecule has 0 saturated carbocycles. The van der Waals surface area contributed by atoms with Crippen molar-refractivity contribution in [2.45, 2.75) is 24.9 Å². The van der Waals surface area contributed by atoms with Gasteiger partial charge in [-0.05, 0) is 23.8 Å². The minimum Gasteiger partial charge on any atom is -0.497 e. The van der Waals surface area contributed by atoms with E-state index in [0.29, 0.717) is 37.9 Å². The SMILES string of the molecule is COc1cccc(CC(=O)N2CCC3(CC2)OC(=O)c2ccccc23)c1. The highest BCUT2D eigenvalue weighted by Gasteiger charge is 2.47. The van der Waals surface area contributed by atoms with Gasteiger partial charge < -0.3 is 14.4 Å². The Balaban J connectivity index is 1.44. The summed E-state index contributed by atoms with van der Waals surface area (Å²) in [5.74, 6) is 0.588. The van der Waals surface area contributed by atoms with Gasteiger partial charge in [-0.2, -0.15) is 0 Å². The van der Waals surface area contributed by atoms with E-state index in [1.54, 1.807) is 7.11 Å². The Morgan fingerprint density at radius 1 is 1.15 bits per heavy atom. The van der Waals surface area contributed by atoms with Crippen LogP contribution in [0.3, 0.4) is 0 Å². The lowest BCUT2D eigenvalue weighted by molar-refractivity contribution is -0.134. The van der Waals surface area contributed by atoms with E-state index in [9.17, 15) is 9.59 Å². The number of amides is 1. The number of methoxy groups -OCH3 is 1. The monoisotopic (exact) mass is 351 g/mol. The van der Waals surface area contributed by atoms with E-state index in [2.05, 4.69) is 0 Å². The van der Waals surface area contributed by atoms with Gasteiger partial charge in [0.05, 0.1) is 19.1 Å². The molecule has 1 spiro atoms. The highest BCUT2D eigenvalue weighted by Crippen LogP contribution is 2.43. The maximum absolute atomic E-state index is 12.7. The summed E-state index contributed by atoms with van der Waals surface area (Å²) in [6.07, 6.45) is 1.62. The lowest BCUT2D eigenvalue weighted by Crippen LogP contribution is -2.45. The van der Waals surface area contributed by atoms with Crippen molar-refractivity contribution in [3.8, 4) is 5.75 Å². The smallest absolute Gasteiger partial charge is 0.339 e. The Morgan fingerprint density at radius 2 is 1.92 bits per heavy atom. The molecule has 0 radical (unpaired) electrons. The second kappa shape index (κ2) is 6.48. The molecule has 2 aromatic rings. The Morgan fingerprint density at radius 3 is 2.69 bits per heavy atom. The zero-order valence-corrected chi connectivity index (χ0v) is 14.7. The molecule has 1 fully saturated rings. The van der Waals surface area contributed by atoms with Gasteiger partial charge in [-0.3, -0.25) is 4.79 Å². The maximum Gasteiger partial charge on any atom is 0.339 e. The second-order valence-electron chi connectivity index (χ2n) is 6.84. The van der Waals surface area contributed by atoms with Crippen LogP contribution >= 0.6 is 0 Å². The Bertz CT molecular complexity index is 853. The quantitative estimate of drug-likeness (QED) is 0.798. The van der Waals surface area contributed by atoms with Crippen molar-refractivity contribution in [3.63, 3.8) is 0 Å². The van der Waals surface area contributed by atoms with Crippen LogP contribution < -0.4 is 4.74 Å². The zero-order chi connectivity index (χ0) is 18.1. The van der Waals surface area contributed by atoms with Crippen LogP contribution in [-0.2, 0) is 21.6 Å². The number of fused-ring (bicyclic) bond motifs is 2. The van der Waals surface area contributed by atoms with Crippen molar-refractivity contribution in [1.82, 2.24) is 4.90 Å². The van der Waals surface area contributed by atoms with Crippen LogP contribution in [0, 0.1) is 0 Å². The van der Waals surface area contributed by atoms with Crippen LogP contribution in [0.5, 0.6) is 5.75 Å².